The highest BCUT2D eigenvalue weighted by molar-refractivity contribution is 5.96. The van der Waals surface area contributed by atoms with Crippen LogP contribution in [0.3, 0.4) is 0 Å². The largest absolute Gasteiger partial charge is 0.458 e. The van der Waals surface area contributed by atoms with Crippen LogP contribution in [0, 0.1) is 0 Å². The molecule has 0 heterocycles. The maximum absolute atomic E-state index is 13.6. The molecule has 0 aromatic heterocycles. The van der Waals surface area contributed by atoms with E-state index in [2.05, 4.69) is 4.74 Å². The summed E-state index contributed by atoms with van der Waals surface area (Å²) < 4.78 is 55.0. The molecule has 0 radical (unpaired) electrons. The van der Waals surface area contributed by atoms with Crippen molar-refractivity contribution >= 4 is 11.6 Å². The second kappa shape index (κ2) is 5.34. The lowest BCUT2D eigenvalue weighted by atomic mass is 10.2. The van der Waals surface area contributed by atoms with Gasteiger partial charge in [-0.15, -0.1) is 0 Å². The first-order chi connectivity index (χ1) is 8.31. The first-order valence-electron chi connectivity index (χ1n) is 5.07. The third-order valence-corrected chi connectivity index (χ3v) is 2.03. The molecule has 0 bridgehead atoms. The van der Waals surface area contributed by atoms with Crippen LogP contribution >= 0.6 is 0 Å². The molecular formula is C11H11F4NO2. The Morgan fingerprint density at radius 1 is 1.22 bits per heavy atom. The van der Waals surface area contributed by atoms with Crippen LogP contribution in [0.1, 0.15) is 6.92 Å². The monoisotopic (exact) mass is 265 g/mol. The highest BCUT2D eigenvalue weighted by Gasteiger charge is 2.63. The Morgan fingerprint density at radius 3 is 2.22 bits per heavy atom. The molecule has 0 saturated heterocycles. The number of carbonyl (C=O) groups is 1. The number of alkyl halides is 4. The number of para-hydroxylation sites is 1. The minimum absolute atomic E-state index is 0.0495. The SMILES string of the molecule is CCOC(F)(C(=O)Nc1ccccc1)C(F)(F)F. The number of rotatable bonds is 4. The van der Waals surface area contributed by atoms with Crippen molar-refractivity contribution in [3.8, 4) is 0 Å². The van der Waals surface area contributed by atoms with Gasteiger partial charge in [0.05, 0.1) is 0 Å². The second-order valence-electron chi connectivity index (χ2n) is 3.35. The zero-order valence-corrected chi connectivity index (χ0v) is 9.42. The summed E-state index contributed by atoms with van der Waals surface area (Å²) in [6.07, 6.45) is -5.44. The van der Waals surface area contributed by atoms with E-state index in [-0.39, 0.29) is 5.69 Å². The normalized spacial score (nSPS) is 14.9. The summed E-state index contributed by atoms with van der Waals surface area (Å²) in [5.74, 6) is -6.25. The highest BCUT2D eigenvalue weighted by atomic mass is 19.4. The van der Waals surface area contributed by atoms with Crippen LogP contribution in [0.4, 0.5) is 23.2 Å². The Labute approximate surface area is 101 Å². The van der Waals surface area contributed by atoms with Gasteiger partial charge in [0.1, 0.15) is 0 Å². The molecule has 1 rings (SSSR count). The molecule has 1 atom stereocenters. The summed E-state index contributed by atoms with van der Waals surface area (Å²) in [4.78, 5) is 11.3. The fraction of sp³-hybridized carbons (Fsp3) is 0.364. The molecule has 1 unspecified atom stereocenters. The van der Waals surface area contributed by atoms with Crippen molar-refractivity contribution in [1.82, 2.24) is 0 Å². The van der Waals surface area contributed by atoms with Crippen LogP contribution in [0.15, 0.2) is 30.3 Å². The van der Waals surface area contributed by atoms with Crippen LogP contribution in [-0.4, -0.2) is 24.5 Å². The van der Waals surface area contributed by atoms with Crippen molar-refractivity contribution in [2.24, 2.45) is 0 Å². The van der Waals surface area contributed by atoms with Crippen molar-refractivity contribution in [2.75, 3.05) is 11.9 Å². The van der Waals surface area contributed by atoms with Crippen molar-refractivity contribution in [1.29, 1.82) is 0 Å². The van der Waals surface area contributed by atoms with E-state index >= 15 is 0 Å². The van der Waals surface area contributed by atoms with Gasteiger partial charge in [-0.05, 0) is 19.1 Å². The second-order valence-corrected chi connectivity index (χ2v) is 3.35. The van der Waals surface area contributed by atoms with Gasteiger partial charge in [0.25, 0.3) is 5.91 Å². The lowest BCUT2D eigenvalue weighted by molar-refractivity contribution is -0.311. The quantitative estimate of drug-likeness (QED) is 0.850. The van der Waals surface area contributed by atoms with Crippen molar-refractivity contribution in [3.05, 3.63) is 30.3 Å². The van der Waals surface area contributed by atoms with E-state index < -0.39 is 24.5 Å². The van der Waals surface area contributed by atoms with Crippen LogP contribution in [0.5, 0.6) is 0 Å². The Balaban J connectivity index is 2.91. The molecule has 1 aromatic carbocycles. The molecule has 0 fully saturated rings. The molecule has 18 heavy (non-hydrogen) atoms. The number of amides is 1. The summed E-state index contributed by atoms with van der Waals surface area (Å²) in [7, 11) is 0. The number of halogens is 4. The molecule has 0 saturated carbocycles. The standard InChI is InChI=1S/C11H11F4NO2/c1-2-18-10(12,11(13,14)15)9(17)16-8-6-4-3-5-7-8/h3-7H,2H2,1H3,(H,16,17). The lowest BCUT2D eigenvalue weighted by Crippen LogP contribution is -2.53. The zero-order valence-electron chi connectivity index (χ0n) is 9.42. The van der Waals surface area contributed by atoms with E-state index in [0.717, 1.165) is 6.92 Å². The molecule has 0 spiro atoms. The number of nitrogens with one attached hydrogen (secondary N) is 1. The molecule has 0 aliphatic carbocycles. The van der Waals surface area contributed by atoms with Gasteiger partial charge < -0.3 is 10.1 Å². The average molecular weight is 265 g/mol. The fourth-order valence-electron chi connectivity index (χ4n) is 1.21. The topological polar surface area (TPSA) is 38.3 Å². The summed E-state index contributed by atoms with van der Waals surface area (Å²) in [6, 6.07) is 7.25. The van der Waals surface area contributed by atoms with E-state index in [1.54, 1.807) is 6.07 Å². The molecule has 7 heteroatoms. The fourth-order valence-corrected chi connectivity index (χ4v) is 1.21. The summed E-state index contributed by atoms with van der Waals surface area (Å²) >= 11 is 0. The Morgan fingerprint density at radius 2 is 1.78 bits per heavy atom. The van der Waals surface area contributed by atoms with Gasteiger partial charge in [0.2, 0.25) is 0 Å². The molecule has 0 aliphatic rings. The van der Waals surface area contributed by atoms with Crippen molar-refractivity contribution in [2.45, 2.75) is 19.0 Å². The third kappa shape index (κ3) is 2.98. The average Bonchev–Trinajstić information content (AvgIpc) is 2.29. The first kappa shape index (κ1) is 14.4. The Bertz CT molecular complexity index is 407. The van der Waals surface area contributed by atoms with Gasteiger partial charge in [0, 0.05) is 12.3 Å². The molecule has 0 aliphatic heterocycles. The number of benzene rings is 1. The van der Waals surface area contributed by atoms with Gasteiger partial charge in [-0.2, -0.15) is 17.6 Å². The summed E-state index contributed by atoms with van der Waals surface area (Å²) in [6.45, 7) is 0.577. The van der Waals surface area contributed by atoms with Gasteiger partial charge in [-0.1, -0.05) is 18.2 Å². The molecule has 3 nitrogen and oxygen atoms in total. The van der Waals surface area contributed by atoms with Crippen LogP contribution in [-0.2, 0) is 9.53 Å². The third-order valence-electron chi connectivity index (χ3n) is 2.03. The van der Waals surface area contributed by atoms with Gasteiger partial charge in [-0.25, -0.2) is 0 Å². The predicted molar refractivity (Wildman–Crippen MR) is 56.6 cm³/mol. The lowest BCUT2D eigenvalue weighted by Gasteiger charge is -2.25. The minimum atomic E-state index is -5.44. The number of anilines is 1. The van der Waals surface area contributed by atoms with Crippen LogP contribution in [0.25, 0.3) is 0 Å². The van der Waals surface area contributed by atoms with Crippen LogP contribution in [0.2, 0.25) is 0 Å². The Kier molecular flexibility index (Phi) is 4.28. The smallest absolute Gasteiger partial charge is 0.332 e. The molecule has 1 N–H and O–H groups in total. The van der Waals surface area contributed by atoms with E-state index in [1.165, 1.54) is 24.3 Å². The van der Waals surface area contributed by atoms with Gasteiger partial charge >= 0.3 is 12.0 Å². The summed E-state index contributed by atoms with van der Waals surface area (Å²) in [5, 5.41) is 1.81. The number of hydrogen-bond donors (Lipinski definition) is 1. The molecule has 1 amide bonds. The summed E-state index contributed by atoms with van der Waals surface area (Å²) in [5.41, 5.74) is 0.0495. The van der Waals surface area contributed by atoms with E-state index in [4.69, 9.17) is 0 Å². The molecule has 1 aromatic rings. The van der Waals surface area contributed by atoms with Gasteiger partial charge in [-0.3, -0.25) is 4.79 Å². The first-order valence-corrected chi connectivity index (χ1v) is 5.07. The minimum Gasteiger partial charge on any atom is -0.332 e. The molecule has 100 valence electrons. The molecular weight excluding hydrogens is 254 g/mol. The predicted octanol–water partition coefficient (Wildman–Crippen LogP) is 2.89. The number of ether oxygens (including phenoxy) is 1. The van der Waals surface area contributed by atoms with E-state index in [1.807, 2.05) is 5.32 Å². The van der Waals surface area contributed by atoms with Crippen molar-refractivity contribution in [3.63, 3.8) is 0 Å². The van der Waals surface area contributed by atoms with Gasteiger partial charge in [0.15, 0.2) is 0 Å². The maximum Gasteiger partial charge on any atom is 0.458 e. The van der Waals surface area contributed by atoms with Crippen LogP contribution < -0.4 is 5.32 Å². The van der Waals surface area contributed by atoms with Crippen molar-refractivity contribution < 1.29 is 27.1 Å². The van der Waals surface area contributed by atoms with E-state index in [9.17, 15) is 22.4 Å². The maximum atomic E-state index is 13.6. The number of carbonyl (C=O) groups excluding carboxylic acids is 1. The Hall–Kier alpha value is -1.63. The highest BCUT2D eigenvalue weighted by Crippen LogP contribution is 2.36. The number of hydrogen-bond acceptors (Lipinski definition) is 2. The van der Waals surface area contributed by atoms with E-state index in [0.29, 0.717) is 0 Å². The zero-order chi connectivity index (χ0) is 13.8.